The average Bonchev–Trinajstić information content (AvgIpc) is 2.68. The van der Waals surface area contributed by atoms with E-state index >= 15 is 0 Å². The molecule has 3 rings (SSSR count). The lowest BCUT2D eigenvalue weighted by molar-refractivity contribution is -0.921. The number of quaternary nitrogens is 1. The van der Waals surface area contributed by atoms with Crippen molar-refractivity contribution < 1.29 is 14.4 Å². The average molecular weight is 416 g/mol. The number of amides is 1. The number of hydrogen-bond acceptors (Lipinski definition) is 2. The summed E-state index contributed by atoms with van der Waals surface area (Å²) in [6, 6.07) is 16.2. The summed E-state index contributed by atoms with van der Waals surface area (Å²) in [5.41, 5.74) is 3.47. The van der Waals surface area contributed by atoms with Crippen LogP contribution in [-0.4, -0.2) is 32.2 Å². The summed E-state index contributed by atoms with van der Waals surface area (Å²) in [4.78, 5) is 13.7. The molecule has 1 amide bonds. The Hall–Kier alpha value is -1.95. The fraction of sp³-hybridized carbons (Fsp3) is 0.286. The van der Waals surface area contributed by atoms with Gasteiger partial charge >= 0.3 is 0 Å². The maximum Gasteiger partial charge on any atom is 0.244 e. The Labute approximate surface area is 163 Å². The highest BCUT2D eigenvalue weighted by molar-refractivity contribution is 9.10. The normalized spacial score (nSPS) is 15.3. The standard InChI is InChI=1S/C21H23BrN2O2/c22-20-8-5-17(6-9-20)7-10-21(25)23-15-18-3-1-2-4-19(18)16-24-11-13-26-14-12-24/h1-10H,11-16H2,(H,23,25)/p+1/b10-7+. The third kappa shape index (κ3) is 5.80. The van der Waals surface area contributed by atoms with E-state index in [1.54, 1.807) is 6.08 Å². The molecule has 0 radical (unpaired) electrons. The van der Waals surface area contributed by atoms with Crippen molar-refractivity contribution in [3.63, 3.8) is 0 Å². The molecule has 1 saturated heterocycles. The molecular weight excluding hydrogens is 392 g/mol. The van der Waals surface area contributed by atoms with E-state index < -0.39 is 0 Å². The Morgan fingerprint density at radius 2 is 1.77 bits per heavy atom. The minimum atomic E-state index is -0.0820. The van der Waals surface area contributed by atoms with Crippen LogP contribution < -0.4 is 10.2 Å². The van der Waals surface area contributed by atoms with Gasteiger partial charge in [-0.1, -0.05) is 52.3 Å². The van der Waals surface area contributed by atoms with Crippen LogP contribution in [0, 0.1) is 0 Å². The molecule has 0 spiro atoms. The third-order valence-electron chi connectivity index (χ3n) is 4.51. The highest BCUT2D eigenvalue weighted by atomic mass is 79.9. The van der Waals surface area contributed by atoms with E-state index in [9.17, 15) is 4.79 Å². The predicted molar refractivity (Wildman–Crippen MR) is 107 cm³/mol. The Balaban J connectivity index is 1.55. The van der Waals surface area contributed by atoms with Crippen LogP contribution in [0.5, 0.6) is 0 Å². The Morgan fingerprint density at radius 1 is 1.08 bits per heavy atom. The summed E-state index contributed by atoms with van der Waals surface area (Å²) in [5.74, 6) is -0.0820. The van der Waals surface area contributed by atoms with E-state index in [4.69, 9.17) is 4.74 Å². The van der Waals surface area contributed by atoms with Crippen LogP contribution in [0.4, 0.5) is 0 Å². The summed E-state index contributed by atoms with van der Waals surface area (Å²) >= 11 is 3.41. The summed E-state index contributed by atoms with van der Waals surface area (Å²) < 4.78 is 6.45. The first kappa shape index (κ1) is 18.8. The van der Waals surface area contributed by atoms with Gasteiger partial charge in [0.25, 0.3) is 0 Å². The lowest BCUT2D eigenvalue weighted by Crippen LogP contribution is -3.12. The van der Waals surface area contributed by atoms with E-state index in [1.807, 2.05) is 36.4 Å². The SMILES string of the molecule is O=C(/C=C/c1ccc(Br)cc1)NCc1ccccc1C[NH+]1CCOCC1. The van der Waals surface area contributed by atoms with Gasteiger partial charge in [0.2, 0.25) is 5.91 Å². The van der Waals surface area contributed by atoms with Gasteiger partial charge in [-0.05, 0) is 29.3 Å². The monoisotopic (exact) mass is 415 g/mol. The van der Waals surface area contributed by atoms with Gasteiger partial charge in [0.1, 0.15) is 19.6 Å². The Bertz CT molecular complexity index is 753. The van der Waals surface area contributed by atoms with Crippen LogP contribution in [-0.2, 0) is 22.6 Å². The number of benzene rings is 2. The van der Waals surface area contributed by atoms with Gasteiger partial charge in [-0.25, -0.2) is 0 Å². The fourth-order valence-electron chi connectivity index (χ4n) is 3.00. The molecule has 2 N–H and O–H groups in total. The number of hydrogen-bond donors (Lipinski definition) is 2. The number of nitrogens with one attached hydrogen (secondary N) is 2. The molecule has 1 aliphatic heterocycles. The second kappa shape index (κ2) is 9.67. The topological polar surface area (TPSA) is 42.8 Å². The first-order chi connectivity index (χ1) is 12.7. The maximum atomic E-state index is 12.1. The van der Waals surface area contributed by atoms with Crippen LogP contribution in [0.15, 0.2) is 59.1 Å². The number of halogens is 1. The molecule has 5 heteroatoms. The van der Waals surface area contributed by atoms with Gasteiger partial charge in [0.05, 0.1) is 13.2 Å². The van der Waals surface area contributed by atoms with Crippen molar-refractivity contribution in [2.45, 2.75) is 13.1 Å². The zero-order valence-corrected chi connectivity index (χ0v) is 16.3. The zero-order valence-electron chi connectivity index (χ0n) is 14.7. The molecule has 2 aromatic carbocycles. The molecule has 0 atom stereocenters. The van der Waals surface area contributed by atoms with Gasteiger partial charge in [-0.2, -0.15) is 0 Å². The van der Waals surface area contributed by atoms with E-state index in [0.717, 1.165) is 42.9 Å². The molecule has 0 unspecified atom stereocenters. The molecular formula is C21H24BrN2O2+. The quantitative estimate of drug-likeness (QED) is 0.710. The minimum absolute atomic E-state index is 0.0820. The van der Waals surface area contributed by atoms with Crippen molar-refractivity contribution in [2.75, 3.05) is 26.3 Å². The van der Waals surface area contributed by atoms with E-state index in [0.29, 0.717) is 6.54 Å². The number of carbonyl (C=O) groups excluding carboxylic acids is 1. The van der Waals surface area contributed by atoms with Crippen LogP contribution in [0.2, 0.25) is 0 Å². The van der Waals surface area contributed by atoms with Gasteiger partial charge < -0.3 is 15.0 Å². The van der Waals surface area contributed by atoms with Crippen molar-refractivity contribution in [3.8, 4) is 0 Å². The van der Waals surface area contributed by atoms with Crippen molar-refractivity contribution in [1.82, 2.24) is 5.32 Å². The lowest BCUT2D eigenvalue weighted by Gasteiger charge is -2.24. The highest BCUT2D eigenvalue weighted by Gasteiger charge is 2.15. The zero-order chi connectivity index (χ0) is 18.2. The predicted octanol–water partition coefficient (Wildman–Crippen LogP) is 2.19. The molecule has 1 aliphatic rings. The molecule has 0 aliphatic carbocycles. The third-order valence-corrected chi connectivity index (χ3v) is 5.04. The molecule has 0 saturated carbocycles. The number of ether oxygens (including phenoxy) is 1. The van der Waals surface area contributed by atoms with E-state index in [1.165, 1.54) is 16.0 Å². The summed E-state index contributed by atoms with van der Waals surface area (Å²) in [6.45, 7) is 5.25. The molecule has 136 valence electrons. The number of morpholine rings is 1. The van der Waals surface area contributed by atoms with Gasteiger partial charge in [0.15, 0.2) is 0 Å². The highest BCUT2D eigenvalue weighted by Crippen LogP contribution is 2.11. The fourth-order valence-corrected chi connectivity index (χ4v) is 3.26. The largest absolute Gasteiger partial charge is 0.370 e. The van der Waals surface area contributed by atoms with Crippen LogP contribution >= 0.6 is 15.9 Å². The van der Waals surface area contributed by atoms with Gasteiger partial charge in [0, 0.05) is 22.7 Å². The second-order valence-electron chi connectivity index (χ2n) is 6.41. The molecule has 2 aromatic rings. The van der Waals surface area contributed by atoms with Crippen LogP contribution in [0.25, 0.3) is 6.08 Å². The van der Waals surface area contributed by atoms with Gasteiger partial charge in [-0.3, -0.25) is 4.79 Å². The van der Waals surface area contributed by atoms with Crippen molar-refractivity contribution in [2.24, 2.45) is 0 Å². The molecule has 0 aromatic heterocycles. The van der Waals surface area contributed by atoms with E-state index in [2.05, 4.69) is 39.4 Å². The number of rotatable bonds is 6. The maximum absolute atomic E-state index is 12.1. The van der Waals surface area contributed by atoms with Crippen LogP contribution in [0.3, 0.4) is 0 Å². The second-order valence-corrected chi connectivity index (χ2v) is 7.33. The molecule has 26 heavy (non-hydrogen) atoms. The van der Waals surface area contributed by atoms with Crippen molar-refractivity contribution >= 4 is 27.9 Å². The van der Waals surface area contributed by atoms with Crippen LogP contribution in [0.1, 0.15) is 16.7 Å². The Morgan fingerprint density at radius 3 is 2.50 bits per heavy atom. The molecule has 1 fully saturated rings. The van der Waals surface area contributed by atoms with Gasteiger partial charge in [-0.15, -0.1) is 0 Å². The molecule has 4 nitrogen and oxygen atoms in total. The molecule has 0 bridgehead atoms. The number of carbonyl (C=O) groups is 1. The molecule has 1 heterocycles. The summed E-state index contributed by atoms with van der Waals surface area (Å²) in [6.07, 6.45) is 3.41. The minimum Gasteiger partial charge on any atom is -0.370 e. The first-order valence-corrected chi connectivity index (χ1v) is 9.69. The summed E-state index contributed by atoms with van der Waals surface area (Å²) in [5, 5.41) is 2.99. The van der Waals surface area contributed by atoms with Crippen molar-refractivity contribution in [3.05, 3.63) is 75.8 Å². The first-order valence-electron chi connectivity index (χ1n) is 8.90. The summed E-state index contributed by atoms with van der Waals surface area (Å²) in [7, 11) is 0. The smallest absolute Gasteiger partial charge is 0.244 e. The van der Waals surface area contributed by atoms with Crippen molar-refractivity contribution in [1.29, 1.82) is 0 Å². The Kier molecular flexibility index (Phi) is 7.00. The lowest BCUT2D eigenvalue weighted by atomic mass is 10.1. The van der Waals surface area contributed by atoms with E-state index in [-0.39, 0.29) is 5.91 Å².